The highest BCUT2D eigenvalue weighted by Crippen LogP contribution is 2.36. The van der Waals surface area contributed by atoms with E-state index in [0.29, 0.717) is 13.4 Å². The summed E-state index contributed by atoms with van der Waals surface area (Å²) in [5, 5.41) is 11.7. The van der Waals surface area contributed by atoms with Crippen molar-refractivity contribution in [1.29, 1.82) is 0 Å². The van der Waals surface area contributed by atoms with Crippen LogP contribution in [0.5, 0.6) is 17.2 Å². The van der Waals surface area contributed by atoms with E-state index in [9.17, 15) is 0 Å². The number of aromatic nitrogens is 3. The molecule has 0 N–H and O–H groups in total. The molecule has 0 saturated carbocycles. The molecule has 2 aliphatic heterocycles. The summed E-state index contributed by atoms with van der Waals surface area (Å²) in [7, 11) is 0. The van der Waals surface area contributed by atoms with Gasteiger partial charge in [0.2, 0.25) is 6.79 Å². The van der Waals surface area contributed by atoms with Gasteiger partial charge in [-0.25, -0.2) is 0 Å². The van der Waals surface area contributed by atoms with Gasteiger partial charge in [0.05, 0.1) is 12.3 Å². The van der Waals surface area contributed by atoms with Crippen LogP contribution in [-0.2, 0) is 6.54 Å². The first-order chi connectivity index (χ1) is 18.0. The lowest BCUT2D eigenvalue weighted by Gasteiger charge is -2.35. The van der Waals surface area contributed by atoms with Crippen LogP contribution in [0.4, 0.5) is 5.82 Å². The standard InChI is InChI=1S/C29H33N5O3/c1-5-35-24-9-7-23(8-10-24)34-20(3)27-19(2)30-31-29(28(27)21(34)4)33-14-12-32(13-15-33)17-22-6-11-25-26(16-22)37-18-36-25/h6-11,16H,5,12-15,17-18H2,1-4H3. The van der Waals surface area contributed by atoms with Crippen LogP contribution in [0.15, 0.2) is 42.5 Å². The molecule has 0 radical (unpaired) electrons. The van der Waals surface area contributed by atoms with Crippen LogP contribution in [-0.4, -0.2) is 59.2 Å². The molecule has 37 heavy (non-hydrogen) atoms. The van der Waals surface area contributed by atoms with E-state index >= 15 is 0 Å². The molecule has 0 atom stereocenters. The lowest BCUT2D eigenvalue weighted by atomic mass is 10.1. The van der Waals surface area contributed by atoms with Crippen LogP contribution in [0, 0.1) is 20.8 Å². The molecule has 1 fully saturated rings. The Morgan fingerprint density at radius 1 is 0.838 bits per heavy atom. The summed E-state index contributed by atoms with van der Waals surface area (Å²) in [5.41, 5.74) is 5.70. The van der Waals surface area contributed by atoms with Crippen molar-refractivity contribution in [1.82, 2.24) is 19.7 Å². The topological polar surface area (TPSA) is 64.9 Å². The number of hydrogen-bond acceptors (Lipinski definition) is 7. The second-order valence-corrected chi connectivity index (χ2v) is 9.74. The monoisotopic (exact) mass is 499 g/mol. The Balaban J connectivity index is 1.25. The van der Waals surface area contributed by atoms with Gasteiger partial charge in [0.15, 0.2) is 17.3 Å². The van der Waals surface area contributed by atoms with Gasteiger partial charge in [0.25, 0.3) is 0 Å². The number of ether oxygens (including phenoxy) is 3. The van der Waals surface area contributed by atoms with Gasteiger partial charge in [-0.05, 0) is 69.7 Å². The fraction of sp³-hybridized carbons (Fsp3) is 0.379. The quantitative estimate of drug-likeness (QED) is 0.378. The summed E-state index contributed by atoms with van der Waals surface area (Å²) in [6.07, 6.45) is 0. The summed E-state index contributed by atoms with van der Waals surface area (Å²) < 4.78 is 19.0. The zero-order valence-electron chi connectivity index (χ0n) is 22.0. The molecule has 4 aromatic rings. The number of nitrogens with zero attached hydrogens (tertiary/aromatic N) is 5. The van der Waals surface area contributed by atoms with E-state index in [1.807, 2.05) is 25.1 Å². The first kappa shape index (κ1) is 23.6. The van der Waals surface area contributed by atoms with E-state index in [-0.39, 0.29) is 0 Å². The number of rotatable bonds is 6. The van der Waals surface area contributed by atoms with Crippen molar-refractivity contribution in [3.63, 3.8) is 0 Å². The molecule has 8 nitrogen and oxygen atoms in total. The number of piperazine rings is 1. The van der Waals surface area contributed by atoms with Crippen LogP contribution < -0.4 is 19.1 Å². The van der Waals surface area contributed by atoms with E-state index in [0.717, 1.165) is 67.2 Å². The number of benzene rings is 2. The molecule has 0 bridgehead atoms. The third kappa shape index (κ3) is 4.25. The Labute approximate surface area is 217 Å². The minimum absolute atomic E-state index is 0.308. The number of aryl methyl sites for hydroxylation is 3. The van der Waals surface area contributed by atoms with Crippen molar-refractivity contribution in [3.05, 3.63) is 65.1 Å². The van der Waals surface area contributed by atoms with Crippen molar-refractivity contribution in [3.8, 4) is 22.9 Å². The minimum Gasteiger partial charge on any atom is -0.494 e. The van der Waals surface area contributed by atoms with E-state index in [2.05, 4.69) is 64.5 Å². The van der Waals surface area contributed by atoms with Crippen molar-refractivity contribution in [2.75, 3.05) is 44.5 Å². The number of anilines is 1. The van der Waals surface area contributed by atoms with Gasteiger partial charge in [0.1, 0.15) is 5.75 Å². The molecule has 0 unspecified atom stereocenters. The summed E-state index contributed by atoms with van der Waals surface area (Å²) in [4.78, 5) is 4.87. The molecule has 4 heterocycles. The van der Waals surface area contributed by atoms with Gasteiger partial charge in [-0.2, -0.15) is 5.10 Å². The first-order valence-electron chi connectivity index (χ1n) is 13.0. The molecule has 0 spiro atoms. The normalized spacial score (nSPS) is 15.5. The van der Waals surface area contributed by atoms with Gasteiger partial charge in [0, 0.05) is 60.6 Å². The van der Waals surface area contributed by atoms with Crippen molar-refractivity contribution >= 4 is 16.6 Å². The van der Waals surface area contributed by atoms with Gasteiger partial charge in [-0.3, -0.25) is 4.90 Å². The van der Waals surface area contributed by atoms with Crippen LogP contribution in [0.2, 0.25) is 0 Å². The van der Waals surface area contributed by atoms with E-state index in [4.69, 9.17) is 19.3 Å². The molecule has 2 aliphatic rings. The fourth-order valence-corrected chi connectivity index (χ4v) is 5.66. The Morgan fingerprint density at radius 3 is 2.32 bits per heavy atom. The Kier molecular flexibility index (Phi) is 6.12. The highest BCUT2D eigenvalue weighted by molar-refractivity contribution is 5.98. The van der Waals surface area contributed by atoms with Crippen LogP contribution in [0.25, 0.3) is 16.5 Å². The van der Waals surface area contributed by atoms with Gasteiger partial charge in [-0.15, -0.1) is 5.10 Å². The molecule has 0 amide bonds. The average molecular weight is 500 g/mol. The zero-order valence-corrected chi connectivity index (χ0v) is 22.0. The van der Waals surface area contributed by atoms with E-state index in [1.54, 1.807) is 0 Å². The van der Waals surface area contributed by atoms with Crippen molar-refractivity contribution in [2.45, 2.75) is 34.2 Å². The molecule has 2 aromatic heterocycles. The Bertz CT molecular complexity index is 1440. The summed E-state index contributed by atoms with van der Waals surface area (Å²) in [6, 6.07) is 14.5. The molecule has 2 aromatic carbocycles. The number of fused-ring (bicyclic) bond motifs is 2. The smallest absolute Gasteiger partial charge is 0.231 e. The van der Waals surface area contributed by atoms with Gasteiger partial charge < -0.3 is 23.7 Å². The molecule has 1 saturated heterocycles. The predicted molar refractivity (Wildman–Crippen MR) is 144 cm³/mol. The highest BCUT2D eigenvalue weighted by Gasteiger charge is 2.25. The largest absolute Gasteiger partial charge is 0.494 e. The maximum absolute atomic E-state index is 5.65. The van der Waals surface area contributed by atoms with Crippen LogP contribution >= 0.6 is 0 Å². The zero-order chi connectivity index (χ0) is 25.5. The fourth-order valence-electron chi connectivity index (χ4n) is 5.66. The van der Waals surface area contributed by atoms with Gasteiger partial charge >= 0.3 is 0 Å². The SMILES string of the molecule is CCOc1ccc(-n2c(C)c3c(C)nnc(N4CCN(Cc5ccc6c(c5)OCO6)CC4)c3c2C)cc1. The Morgan fingerprint density at radius 2 is 1.57 bits per heavy atom. The second-order valence-electron chi connectivity index (χ2n) is 9.74. The van der Waals surface area contributed by atoms with Crippen LogP contribution in [0.3, 0.4) is 0 Å². The molecule has 6 rings (SSSR count). The summed E-state index contributed by atoms with van der Waals surface area (Å²) in [5.74, 6) is 3.54. The van der Waals surface area contributed by atoms with E-state index in [1.165, 1.54) is 27.7 Å². The average Bonchev–Trinajstić information content (AvgIpc) is 3.48. The summed E-state index contributed by atoms with van der Waals surface area (Å²) in [6.45, 7) is 14.0. The van der Waals surface area contributed by atoms with Crippen LogP contribution in [0.1, 0.15) is 29.6 Å². The lowest BCUT2D eigenvalue weighted by molar-refractivity contribution is 0.174. The molecule has 192 valence electrons. The van der Waals surface area contributed by atoms with E-state index < -0.39 is 0 Å². The van der Waals surface area contributed by atoms with Crippen molar-refractivity contribution in [2.24, 2.45) is 0 Å². The lowest BCUT2D eigenvalue weighted by Crippen LogP contribution is -2.46. The molecule has 0 aliphatic carbocycles. The predicted octanol–water partition coefficient (Wildman–Crippen LogP) is 4.80. The van der Waals surface area contributed by atoms with Crippen molar-refractivity contribution < 1.29 is 14.2 Å². The molecular weight excluding hydrogens is 466 g/mol. The number of hydrogen-bond donors (Lipinski definition) is 0. The summed E-state index contributed by atoms with van der Waals surface area (Å²) >= 11 is 0. The Hall–Kier alpha value is -3.78. The maximum atomic E-state index is 5.65. The third-order valence-electron chi connectivity index (χ3n) is 7.45. The first-order valence-corrected chi connectivity index (χ1v) is 13.0. The minimum atomic E-state index is 0.308. The third-order valence-corrected chi connectivity index (χ3v) is 7.45. The molecule has 8 heteroatoms. The van der Waals surface area contributed by atoms with Gasteiger partial charge in [-0.1, -0.05) is 6.07 Å². The second kappa shape index (κ2) is 9.59. The maximum Gasteiger partial charge on any atom is 0.231 e. The molecular formula is C29H33N5O3. The highest BCUT2D eigenvalue weighted by atomic mass is 16.7.